The average Bonchev–Trinajstić information content (AvgIpc) is 2.64. The molecule has 1 rings (SSSR count). The molecule has 0 unspecified atom stereocenters. The first-order valence-corrected chi connectivity index (χ1v) is 6.91. The predicted octanol–water partition coefficient (Wildman–Crippen LogP) is 3.22. The van der Waals surface area contributed by atoms with Crippen molar-refractivity contribution in [1.82, 2.24) is 5.32 Å². The minimum Gasteiger partial charge on any atom is -0.380 e. The van der Waals surface area contributed by atoms with Gasteiger partial charge in [0.15, 0.2) is 0 Å². The van der Waals surface area contributed by atoms with Gasteiger partial charge in [-0.25, -0.2) is 0 Å². The molecule has 0 spiro atoms. The zero-order valence-electron chi connectivity index (χ0n) is 11.3. The monoisotopic (exact) mass is 227 g/mol. The zero-order valence-corrected chi connectivity index (χ0v) is 11.3. The molecular formula is C14H29NO. The Morgan fingerprint density at radius 2 is 1.88 bits per heavy atom. The highest BCUT2D eigenvalue weighted by molar-refractivity contribution is 4.82. The Morgan fingerprint density at radius 1 is 1.19 bits per heavy atom. The molecule has 0 aliphatic heterocycles. The Kier molecular flexibility index (Phi) is 6.37. The summed E-state index contributed by atoms with van der Waals surface area (Å²) in [6.07, 6.45) is 6.81. The molecule has 1 aliphatic carbocycles. The second-order valence-electron chi connectivity index (χ2n) is 5.99. The molecule has 1 aliphatic rings. The normalized spacial score (nSPS) is 19.5. The topological polar surface area (TPSA) is 21.3 Å². The smallest absolute Gasteiger partial charge is 0.0590 e. The van der Waals surface area contributed by atoms with E-state index in [9.17, 15) is 0 Å². The molecule has 1 N–H and O–H groups in total. The van der Waals surface area contributed by atoms with E-state index < -0.39 is 0 Å². The lowest BCUT2D eigenvalue weighted by Crippen LogP contribution is -2.31. The Balaban J connectivity index is 1.88. The fraction of sp³-hybridized carbons (Fsp3) is 1.00. The molecule has 0 aromatic rings. The standard InChI is InChI=1S/C14H29NO/c1-13(2)6-10-16-11-9-15-12-14(3)7-4-5-8-14/h13,15H,4-12H2,1-3H3. The number of hydrogen-bond donors (Lipinski definition) is 1. The lowest BCUT2D eigenvalue weighted by Gasteiger charge is -2.23. The molecule has 1 fully saturated rings. The van der Waals surface area contributed by atoms with Crippen LogP contribution in [0.3, 0.4) is 0 Å². The molecule has 16 heavy (non-hydrogen) atoms. The van der Waals surface area contributed by atoms with E-state index in [1.165, 1.54) is 38.6 Å². The van der Waals surface area contributed by atoms with Crippen LogP contribution in [0, 0.1) is 11.3 Å². The summed E-state index contributed by atoms with van der Waals surface area (Å²) in [7, 11) is 0. The maximum atomic E-state index is 5.58. The van der Waals surface area contributed by atoms with E-state index in [2.05, 4.69) is 26.1 Å². The minimum absolute atomic E-state index is 0.567. The van der Waals surface area contributed by atoms with Crippen molar-refractivity contribution in [3.05, 3.63) is 0 Å². The van der Waals surface area contributed by atoms with Gasteiger partial charge in [-0.3, -0.25) is 0 Å². The van der Waals surface area contributed by atoms with Crippen LogP contribution in [0.1, 0.15) is 52.9 Å². The van der Waals surface area contributed by atoms with E-state index in [0.29, 0.717) is 5.41 Å². The van der Waals surface area contributed by atoms with Crippen molar-refractivity contribution in [3.63, 3.8) is 0 Å². The summed E-state index contributed by atoms with van der Waals surface area (Å²) < 4.78 is 5.58. The van der Waals surface area contributed by atoms with Crippen LogP contribution in [0.2, 0.25) is 0 Å². The summed E-state index contributed by atoms with van der Waals surface area (Å²) >= 11 is 0. The summed E-state index contributed by atoms with van der Waals surface area (Å²) in [5, 5.41) is 3.53. The largest absolute Gasteiger partial charge is 0.380 e. The Bertz CT molecular complexity index is 174. The van der Waals surface area contributed by atoms with Crippen molar-refractivity contribution < 1.29 is 4.74 Å². The molecule has 2 nitrogen and oxygen atoms in total. The molecule has 0 amide bonds. The van der Waals surface area contributed by atoms with Gasteiger partial charge in [0.1, 0.15) is 0 Å². The van der Waals surface area contributed by atoms with Gasteiger partial charge in [0, 0.05) is 19.7 Å². The zero-order chi connectivity index (χ0) is 11.9. The highest BCUT2D eigenvalue weighted by Crippen LogP contribution is 2.36. The van der Waals surface area contributed by atoms with Gasteiger partial charge >= 0.3 is 0 Å². The Morgan fingerprint density at radius 3 is 2.50 bits per heavy atom. The first kappa shape index (κ1) is 14.0. The number of nitrogens with one attached hydrogen (secondary N) is 1. The molecule has 0 aromatic heterocycles. The second kappa shape index (κ2) is 7.29. The van der Waals surface area contributed by atoms with E-state index in [1.54, 1.807) is 0 Å². The van der Waals surface area contributed by atoms with Gasteiger partial charge in [-0.05, 0) is 30.6 Å². The van der Waals surface area contributed by atoms with Crippen molar-refractivity contribution >= 4 is 0 Å². The van der Waals surface area contributed by atoms with Crippen LogP contribution in [0.5, 0.6) is 0 Å². The maximum Gasteiger partial charge on any atom is 0.0590 e. The van der Waals surface area contributed by atoms with E-state index >= 15 is 0 Å². The minimum atomic E-state index is 0.567. The van der Waals surface area contributed by atoms with Gasteiger partial charge in [0.25, 0.3) is 0 Å². The lowest BCUT2D eigenvalue weighted by molar-refractivity contribution is 0.123. The third kappa shape index (κ3) is 5.86. The quantitative estimate of drug-likeness (QED) is 0.643. The van der Waals surface area contributed by atoms with Crippen LogP contribution in [-0.2, 0) is 4.74 Å². The van der Waals surface area contributed by atoms with Crippen LogP contribution < -0.4 is 5.32 Å². The van der Waals surface area contributed by atoms with E-state index in [4.69, 9.17) is 4.74 Å². The van der Waals surface area contributed by atoms with Crippen molar-refractivity contribution in [1.29, 1.82) is 0 Å². The highest BCUT2D eigenvalue weighted by atomic mass is 16.5. The van der Waals surface area contributed by atoms with Crippen LogP contribution >= 0.6 is 0 Å². The third-order valence-electron chi connectivity index (χ3n) is 3.63. The van der Waals surface area contributed by atoms with Gasteiger partial charge in [-0.15, -0.1) is 0 Å². The maximum absolute atomic E-state index is 5.58. The van der Waals surface area contributed by atoms with Crippen LogP contribution in [0.25, 0.3) is 0 Å². The highest BCUT2D eigenvalue weighted by Gasteiger charge is 2.27. The fourth-order valence-corrected chi connectivity index (χ4v) is 2.36. The SMILES string of the molecule is CC(C)CCOCCNCC1(C)CCCC1. The van der Waals surface area contributed by atoms with Crippen molar-refractivity contribution in [2.45, 2.75) is 52.9 Å². The number of ether oxygens (including phenoxy) is 1. The van der Waals surface area contributed by atoms with Gasteiger partial charge < -0.3 is 10.1 Å². The fourth-order valence-electron chi connectivity index (χ4n) is 2.36. The van der Waals surface area contributed by atoms with E-state index in [0.717, 1.165) is 25.7 Å². The molecular weight excluding hydrogens is 198 g/mol. The van der Waals surface area contributed by atoms with Crippen LogP contribution in [0.15, 0.2) is 0 Å². The third-order valence-corrected chi connectivity index (χ3v) is 3.63. The molecule has 1 saturated carbocycles. The summed E-state index contributed by atoms with van der Waals surface area (Å²) in [5.74, 6) is 0.755. The van der Waals surface area contributed by atoms with Gasteiger partial charge in [0.2, 0.25) is 0 Å². The summed E-state index contributed by atoms with van der Waals surface area (Å²) in [6.45, 7) is 10.8. The molecule has 0 heterocycles. The predicted molar refractivity (Wildman–Crippen MR) is 69.7 cm³/mol. The van der Waals surface area contributed by atoms with Gasteiger partial charge in [-0.1, -0.05) is 33.6 Å². The molecule has 0 radical (unpaired) electrons. The first-order valence-electron chi connectivity index (χ1n) is 6.91. The number of rotatable bonds is 8. The van der Waals surface area contributed by atoms with Gasteiger partial charge in [0.05, 0.1) is 6.61 Å². The van der Waals surface area contributed by atoms with Crippen molar-refractivity contribution in [2.75, 3.05) is 26.3 Å². The lowest BCUT2D eigenvalue weighted by atomic mass is 9.89. The van der Waals surface area contributed by atoms with E-state index in [1.807, 2.05) is 0 Å². The second-order valence-corrected chi connectivity index (χ2v) is 5.99. The summed E-state index contributed by atoms with van der Waals surface area (Å²) in [6, 6.07) is 0. The van der Waals surface area contributed by atoms with Crippen molar-refractivity contribution in [2.24, 2.45) is 11.3 Å². The Labute approximate surface area is 101 Å². The molecule has 0 saturated heterocycles. The first-order chi connectivity index (χ1) is 7.62. The van der Waals surface area contributed by atoms with Crippen LogP contribution in [0.4, 0.5) is 0 Å². The van der Waals surface area contributed by atoms with Crippen molar-refractivity contribution in [3.8, 4) is 0 Å². The van der Waals surface area contributed by atoms with Gasteiger partial charge in [-0.2, -0.15) is 0 Å². The van der Waals surface area contributed by atoms with Crippen LogP contribution in [-0.4, -0.2) is 26.3 Å². The molecule has 0 bridgehead atoms. The average molecular weight is 227 g/mol. The van der Waals surface area contributed by atoms with E-state index in [-0.39, 0.29) is 0 Å². The molecule has 0 atom stereocenters. The molecule has 96 valence electrons. The summed E-state index contributed by atoms with van der Waals surface area (Å²) in [4.78, 5) is 0. The summed E-state index contributed by atoms with van der Waals surface area (Å²) in [5.41, 5.74) is 0.567. The molecule has 2 heteroatoms. The number of hydrogen-bond acceptors (Lipinski definition) is 2. The Hall–Kier alpha value is -0.0800. The molecule has 0 aromatic carbocycles.